The molecular weight excluding hydrogens is 124 g/mol. The highest BCUT2D eigenvalue weighted by Gasteiger charge is 2.33. The van der Waals surface area contributed by atoms with Crippen LogP contribution in [0.3, 0.4) is 0 Å². The van der Waals surface area contributed by atoms with Gasteiger partial charge >= 0.3 is 5.97 Å². The van der Waals surface area contributed by atoms with Gasteiger partial charge in [-0.2, -0.15) is 4.89 Å². The quantitative estimate of drug-likeness (QED) is 0.519. The summed E-state index contributed by atoms with van der Waals surface area (Å²) in [5, 5.41) is 0. The SMILES string of the molecule is CCOC1(C)OCOO1. The molecule has 1 aliphatic heterocycles. The molecule has 9 heavy (non-hydrogen) atoms. The van der Waals surface area contributed by atoms with E-state index < -0.39 is 5.97 Å². The van der Waals surface area contributed by atoms with Gasteiger partial charge in [-0.25, -0.2) is 4.89 Å². The highest BCUT2D eigenvalue weighted by Crippen LogP contribution is 2.19. The smallest absolute Gasteiger partial charge is 0.311 e. The maximum absolute atomic E-state index is 5.02. The van der Waals surface area contributed by atoms with Crippen LogP contribution in [-0.4, -0.2) is 19.4 Å². The average Bonchev–Trinajstić information content (AvgIpc) is 2.16. The van der Waals surface area contributed by atoms with E-state index in [0.29, 0.717) is 6.61 Å². The average molecular weight is 134 g/mol. The summed E-state index contributed by atoms with van der Waals surface area (Å²) in [4.78, 5) is 9.10. The Morgan fingerprint density at radius 1 is 1.67 bits per heavy atom. The van der Waals surface area contributed by atoms with Gasteiger partial charge in [0.05, 0.1) is 0 Å². The normalized spacial score (nSPS) is 35.3. The molecule has 0 aliphatic carbocycles. The summed E-state index contributed by atoms with van der Waals surface area (Å²) in [7, 11) is 0. The largest absolute Gasteiger partial charge is 0.326 e. The first-order chi connectivity index (χ1) is 4.27. The summed E-state index contributed by atoms with van der Waals surface area (Å²) in [5.41, 5.74) is 0. The first-order valence-corrected chi connectivity index (χ1v) is 2.85. The van der Waals surface area contributed by atoms with Crippen LogP contribution in [0.25, 0.3) is 0 Å². The van der Waals surface area contributed by atoms with Crippen molar-refractivity contribution in [3.05, 3.63) is 0 Å². The highest BCUT2D eigenvalue weighted by molar-refractivity contribution is 4.43. The Bertz CT molecular complexity index is 87.0. The first-order valence-electron chi connectivity index (χ1n) is 2.85. The molecule has 1 aliphatic rings. The third kappa shape index (κ3) is 1.62. The molecule has 0 bridgehead atoms. The van der Waals surface area contributed by atoms with Crippen molar-refractivity contribution in [2.75, 3.05) is 13.4 Å². The van der Waals surface area contributed by atoms with Crippen LogP contribution >= 0.6 is 0 Å². The predicted octanol–water partition coefficient (Wildman–Crippen LogP) is 0.632. The lowest BCUT2D eigenvalue weighted by atomic mass is 10.6. The molecule has 1 rings (SSSR count). The second kappa shape index (κ2) is 2.62. The Kier molecular flexibility index (Phi) is 2.02. The fourth-order valence-corrected chi connectivity index (χ4v) is 0.614. The summed E-state index contributed by atoms with van der Waals surface area (Å²) in [6, 6.07) is 0. The Labute approximate surface area is 53.6 Å². The fraction of sp³-hybridized carbons (Fsp3) is 1.00. The number of hydrogen-bond donors (Lipinski definition) is 0. The lowest BCUT2D eigenvalue weighted by Gasteiger charge is -2.17. The van der Waals surface area contributed by atoms with Crippen molar-refractivity contribution < 1.29 is 19.2 Å². The van der Waals surface area contributed by atoms with E-state index >= 15 is 0 Å². The minimum Gasteiger partial charge on any atom is -0.326 e. The highest BCUT2D eigenvalue weighted by atomic mass is 17.3. The lowest BCUT2D eigenvalue weighted by molar-refractivity contribution is -0.404. The number of rotatable bonds is 2. The van der Waals surface area contributed by atoms with Crippen LogP contribution in [0, 0.1) is 0 Å². The minimum atomic E-state index is -0.977. The van der Waals surface area contributed by atoms with E-state index in [1.807, 2.05) is 6.92 Å². The Morgan fingerprint density at radius 3 is 2.89 bits per heavy atom. The van der Waals surface area contributed by atoms with E-state index in [4.69, 9.17) is 9.47 Å². The van der Waals surface area contributed by atoms with Gasteiger partial charge in [-0.05, 0) is 6.92 Å². The van der Waals surface area contributed by atoms with Gasteiger partial charge in [-0.1, -0.05) is 0 Å². The molecule has 0 aromatic rings. The number of hydrogen-bond acceptors (Lipinski definition) is 4. The van der Waals surface area contributed by atoms with Gasteiger partial charge in [0.15, 0.2) is 6.79 Å². The molecule has 54 valence electrons. The molecule has 0 spiro atoms. The third-order valence-corrected chi connectivity index (χ3v) is 0.986. The third-order valence-electron chi connectivity index (χ3n) is 0.986. The topological polar surface area (TPSA) is 36.9 Å². The van der Waals surface area contributed by atoms with E-state index in [-0.39, 0.29) is 6.79 Å². The van der Waals surface area contributed by atoms with Crippen molar-refractivity contribution in [2.45, 2.75) is 19.8 Å². The van der Waals surface area contributed by atoms with Crippen LogP contribution in [0.1, 0.15) is 13.8 Å². The van der Waals surface area contributed by atoms with E-state index in [1.165, 1.54) is 0 Å². The maximum atomic E-state index is 5.02. The van der Waals surface area contributed by atoms with Gasteiger partial charge in [0, 0.05) is 13.5 Å². The molecule has 1 atom stereocenters. The molecular formula is C5H10O4. The van der Waals surface area contributed by atoms with Crippen LogP contribution in [0.4, 0.5) is 0 Å². The zero-order chi connectivity index (χ0) is 6.74. The molecule has 0 aromatic heterocycles. The van der Waals surface area contributed by atoms with Crippen molar-refractivity contribution in [1.82, 2.24) is 0 Å². The Balaban J connectivity index is 2.32. The second-order valence-corrected chi connectivity index (χ2v) is 1.76. The second-order valence-electron chi connectivity index (χ2n) is 1.76. The van der Waals surface area contributed by atoms with Crippen molar-refractivity contribution in [2.24, 2.45) is 0 Å². The minimum absolute atomic E-state index is 0.135. The van der Waals surface area contributed by atoms with Crippen LogP contribution in [0.5, 0.6) is 0 Å². The monoisotopic (exact) mass is 134 g/mol. The lowest BCUT2D eigenvalue weighted by Crippen LogP contribution is -2.29. The van der Waals surface area contributed by atoms with E-state index in [0.717, 1.165) is 0 Å². The number of ether oxygens (including phenoxy) is 2. The van der Waals surface area contributed by atoms with Crippen LogP contribution < -0.4 is 0 Å². The van der Waals surface area contributed by atoms with Gasteiger partial charge < -0.3 is 4.74 Å². The molecule has 1 unspecified atom stereocenters. The summed E-state index contributed by atoms with van der Waals surface area (Å²) in [6.07, 6.45) is 0. The Morgan fingerprint density at radius 2 is 2.44 bits per heavy atom. The molecule has 4 nitrogen and oxygen atoms in total. The Hall–Kier alpha value is -0.160. The van der Waals surface area contributed by atoms with Gasteiger partial charge in [-0.15, -0.1) is 0 Å². The van der Waals surface area contributed by atoms with Crippen LogP contribution in [-0.2, 0) is 19.2 Å². The van der Waals surface area contributed by atoms with E-state index in [2.05, 4.69) is 9.78 Å². The molecule has 4 heteroatoms. The van der Waals surface area contributed by atoms with E-state index in [1.54, 1.807) is 6.92 Å². The fourth-order valence-electron chi connectivity index (χ4n) is 0.614. The zero-order valence-electron chi connectivity index (χ0n) is 5.55. The molecule has 0 radical (unpaired) electrons. The summed E-state index contributed by atoms with van der Waals surface area (Å²) < 4.78 is 9.93. The van der Waals surface area contributed by atoms with Gasteiger partial charge in [0.2, 0.25) is 0 Å². The van der Waals surface area contributed by atoms with Crippen molar-refractivity contribution in [1.29, 1.82) is 0 Å². The predicted molar refractivity (Wildman–Crippen MR) is 28.2 cm³/mol. The van der Waals surface area contributed by atoms with Gasteiger partial charge in [0.1, 0.15) is 0 Å². The maximum Gasteiger partial charge on any atom is 0.311 e. The molecule has 1 fully saturated rings. The first kappa shape index (κ1) is 6.95. The standard InChI is InChI=1S/C5H10O4/c1-3-6-5(2)7-4-8-9-5/h3-4H2,1-2H3. The summed E-state index contributed by atoms with van der Waals surface area (Å²) >= 11 is 0. The molecule has 0 amide bonds. The van der Waals surface area contributed by atoms with E-state index in [9.17, 15) is 0 Å². The zero-order valence-corrected chi connectivity index (χ0v) is 5.55. The summed E-state index contributed by atoms with van der Waals surface area (Å²) in [5.74, 6) is -0.977. The van der Waals surface area contributed by atoms with Crippen LogP contribution in [0.2, 0.25) is 0 Å². The van der Waals surface area contributed by atoms with Crippen molar-refractivity contribution in [3.63, 3.8) is 0 Å². The van der Waals surface area contributed by atoms with Crippen LogP contribution in [0.15, 0.2) is 0 Å². The summed E-state index contributed by atoms with van der Waals surface area (Å²) in [6.45, 7) is 4.19. The molecule has 1 heterocycles. The van der Waals surface area contributed by atoms with Crippen molar-refractivity contribution in [3.8, 4) is 0 Å². The molecule has 0 aromatic carbocycles. The van der Waals surface area contributed by atoms with Crippen molar-refractivity contribution >= 4 is 0 Å². The molecule has 0 N–H and O–H groups in total. The van der Waals surface area contributed by atoms with Gasteiger partial charge in [-0.3, -0.25) is 4.74 Å². The van der Waals surface area contributed by atoms with Gasteiger partial charge in [0.25, 0.3) is 0 Å². The molecule has 0 saturated carbocycles. The molecule has 1 saturated heterocycles.